The summed E-state index contributed by atoms with van der Waals surface area (Å²) < 4.78 is 5.75. The van der Waals surface area contributed by atoms with Crippen molar-refractivity contribution in [1.82, 2.24) is 10.2 Å². The highest BCUT2D eigenvalue weighted by Crippen LogP contribution is 2.38. The molecule has 1 N–H and O–H groups in total. The molecule has 1 saturated carbocycles. The van der Waals surface area contributed by atoms with Gasteiger partial charge in [0.1, 0.15) is 0 Å². The van der Waals surface area contributed by atoms with E-state index in [9.17, 15) is 0 Å². The zero-order chi connectivity index (χ0) is 13.6. The Hall–Kier alpha value is -0.120. The number of nitrogens with one attached hydrogen (secondary N) is 1. The molecule has 0 aromatic carbocycles. The van der Waals surface area contributed by atoms with Gasteiger partial charge in [-0.3, -0.25) is 0 Å². The topological polar surface area (TPSA) is 24.5 Å². The van der Waals surface area contributed by atoms with Crippen molar-refractivity contribution in [1.29, 1.82) is 0 Å². The first-order chi connectivity index (χ1) is 9.28. The molecule has 0 unspecified atom stereocenters. The van der Waals surface area contributed by atoms with Crippen molar-refractivity contribution in [2.75, 3.05) is 39.3 Å². The fraction of sp³-hybridized carbons (Fsp3) is 1.00. The lowest BCUT2D eigenvalue weighted by Crippen LogP contribution is -2.46. The Morgan fingerprint density at radius 3 is 2.42 bits per heavy atom. The van der Waals surface area contributed by atoms with Crippen molar-refractivity contribution in [2.45, 2.75) is 58.5 Å². The summed E-state index contributed by atoms with van der Waals surface area (Å²) in [7, 11) is 0. The van der Waals surface area contributed by atoms with Gasteiger partial charge in [0.25, 0.3) is 0 Å². The van der Waals surface area contributed by atoms with Gasteiger partial charge in [-0.05, 0) is 44.6 Å². The zero-order valence-electron chi connectivity index (χ0n) is 12.9. The summed E-state index contributed by atoms with van der Waals surface area (Å²) >= 11 is 0. The van der Waals surface area contributed by atoms with E-state index < -0.39 is 0 Å². The van der Waals surface area contributed by atoms with Crippen molar-refractivity contribution in [3.05, 3.63) is 0 Å². The number of rotatable bonds is 7. The Labute approximate surface area is 119 Å². The number of ether oxygens (including phenoxy) is 1. The summed E-state index contributed by atoms with van der Waals surface area (Å²) in [6.45, 7) is 11.3. The lowest BCUT2D eigenvalue weighted by atomic mass is 9.84. The number of hydrogen-bond donors (Lipinski definition) is 1. The maximum atomic E-state index is 5.75. The van der Waals surface area contributed by atoms with Gasteiger partial charge in [0, 0.05) is 32.8 Å². The largest absolute Gasteiger partial charge is 0.378 e. The number of nitrogens with zero attached hydrogens (tertiary/aromatic N) is 1. The van der Waals surface area contributed by atoms with Crippen LogP contribution in [0.25, 0.3) is 0 Å². The maximum Gasteiger partial charge on any atom is 0.0599 e. The predicted octanol–water partition coefficient (Wildman–Crippen LogP) is 2.66. The normalized spacial score (nSPS) is 24.9. The summed E-state index contributed by atoms with van der Waals surface area (Å²) in [5.41, 5.74) is 0.564. The summed E-state index contributed by atoms with van der Waals surface area (Å²) in [4.78, 5) is 2.69. The quantitative estimate of drug-likeness (QED) is 0.768. The average Bonchev–Trinajstić information content (AvgIpc) is 2.88. The molecule has 1 saturated heterocycles. The smallest absolute Gasteiger partial charge is 0.0599 e. The van der Waals surface area contributed by atoms with Crippen molar-refractivity contribution in [3.8, 4) is 0 Å². The molecule has 112 valence electrons. The molecule has 1 aliphatic carbocycles. The average molecular weight is 268 g/mol. The molecule has 0 radical (unpaired) electrons. The third kappa shape index (κ3) is 4.44. The molecule has 3 heteroatoms. The van der Waals surface area contributed by atoms with Gasteiger partial charge in [0.2, 0.25) is 0 Å². The predicted molar refractivity (Wildman–Crippen MR) is 80.5 cm³/mol. The summed E-state index contributed by atoms with van der Waals surface area (Å²) in [5, 5.41) is 3.60. The van der Waals surface area contributed by atoms with E-state index in [0.29, 0.717) is 11.5 Å². The van der Waals surface area contributed by atoms with Crippen LogP contribution < -0.4 is 5.32 Å². The Kier molecular flexibility index (Phi) is 6.11. The van der Waals surface area contributed by atoms with Crippen LogP contribution in [0.3, 0.4) is 0 Å². The van der Waals surface area contributed by atoms with Crippen molar-refractivity contribution in [2.24, 2.45) is 5.41 Å². The van der Waals surface area contributed by atoms with Crippen LogP contribution >= 0.6 is 0 Å². The molecule has 0 amide bonds. The molecule has 3 nitrogen and oxygen atoms in total. The first-order valence-corrected chi connectivity index (χ1v) is 8.33. The minimum absolute atomic E-state index is 0.523. The lowest BCUT2D eigenvalue weighted by molar-refractivity contribution is 0.00425. The Balaban J connectivity index is 1.78. The van der Waals surface area contributed by atoms with E-state index in [-0.39, 0.29) is 0 Å². The Morgan fingerprint density at radius 2 is 1.84 bits per heavy atom. The molecule has 19 heavy (non-hydrogen) atoms. The van der Waals surface area contributed by atoms with Gasteiger partial charge in [0.05, 0.1) is 6.10 Å². The molecule has 2 rings (SSSR count). The first kappa shape index (κ1) is 15.3. The van der Waals surface area contributed by atoms with Gasteiger partial charge >= 0.3 is 0 Å². The molecule has 0 atom stereocenters. The minimum Gasteiger partial charge on any atom is -0.378 e. The summed E-state index contributed by atoms with van der Waals surface area (Å²) in [6.07, 6.45) is 8.68. The number of hydrogen-bond acceptors (Lipinski definition) is 3. The maximum absolute atomic E-state index is 5.75. The van der Waals surface area contributed by atoms with Crippen molar-refractivity contribution in [3.63, 3.8) is 0 Å². The molecular weight excluding hydrogens is 236 g/mol. The third-order valence-electron chi connectivity index (χ3n) is 4.91. The van der Waals surface area contributed by atoms with E-state index in [0.717, 1.165) is 13.2 Å². The van der Waals surface area contributed by atoms with E-state index in [1.807, 2.05) is 0 Å². The van der Waals surface area contributed by atoms with Crippen LogP contribution in [-0.4, -0.2) is 50.3 Å². The number of piperidine rings is 1. The number of likely N-dealkylation sites (tertiary alicyclic amines) is 1. The molecule has 1 aliphatic heterocycles. The van der Waals surface area contributed by atoms with E-state index in [4.69, 9.17) is 4.74 Å². The monoisotopic (exact) mass is 268 g/mol. The zero-order valence-corrected chi connectivity index (χ0v) is 12.9. The fourth-order valence-electron chi connectivity index (χ4n) is 3.85. The second-order valence-electron chi connectivity index (χ2n) is 6.42. The van der Waals surface area contributed by atoms with Crippen molar-refractivity contribution < 1.29 is 4.74 Å². The van der Waals surface area contributed by atoms with Crippen molar-refractivity contribution >= 4 is 0 Å². The Bertz CT molecular complexity index is 243. The molecule has 0 bridgehead atoms. The van der Waals surface area contributed by atoms with E-state index in [2.05, 4.69) is 24.1 Å². The highest BCUT2D eigenvalue weighted by molar-refractivity contribution is 4.90. The van der Waals surface area contributed by atoms with Gasteiger partial charge in [-0.2, -0.15) is 0 Å². The van der Waals surface area contributed by atoms with Gasteiger partial charge in [0.15, 0.2) is 0 Å². The first-order valence-electron chi connectivity index (χ1n) is 8.33. The van der Waals surface area contributed by atoms with E-state index in [1.165, 1.54) is 64.7 Å². The van der Waals surface area contributed by atoms with Crippen LogP contribution in [0.4, 0.5) is 0 Å². The highest BCUT2D eigenvalue weighted by atomic mass is 16.5. The minimum atomic E-state index is 0.523. The van der Waals surface area contributed by atoms with Gasteiger partial charge in [-0.25, -0.2) is 0 Å². The van der Waals surface area contributed by atoms with Crippen LogP contribution in [0, 0.1) is 5.41 Å². The highest BCUT2D eigenvalue weighted by Gasteiger charge is 2.35. The fourth-order valence-corrected chi connectivity index (χ4v) is 3.85. The summed E-state index contributed by atoms with van der Waals surface area (Å²) in [5.74, 6) is 0. The molecule has 2 fully saturated rings. The SMILES string of the molecule is CCNCC1(CN2CCC(OCC)CC2)CCCC1. The molecule has 2 aliphatic rings. The lowest BCUT2D eigenvalue weighted by Gasteiger charge is -2.39. The molecule has 0 aromatic heterocycles. The van der Waals surface area contributed by atoms with E-state index in [1.54, 1.807) is 0 Å². The van der Waals surface area contributed by atoms with Crippen LogP contribution in [0.5, 0.6) is 0 Å². The van der Waals surface area contributed by atoms with Crippen LogP contribution in [0.15, 0.2) is 0 Å². The second-order valence-corrected chi connectivity index (χ2v) is 6.42. The van der Waals surface area contributed by atoms with Gasteiger partial charge in [-0.1, -0.05) is 19.8 Å². The third-order valence-corrected chi connectivity index (χ3v) is 4.91. The van der Waals surface area contributed by atoms with E-state index >= 15 is 0 Å². The molecule has 0 spiro atoms. The standard InChI is InChI=1S/C16H32N2O/c1-3-17-13-16(9-5-6-10-16)14-18-11-7-15(8-12-18)19-4-2/h15,17H,3-14H2,1-2H3. The summed E-state index contributed by atoms with van der Waals surface area (Å²) in [6, 6.07) is 0. The van der Waals surface area contributed by atoms with Crippen LogP contribution in [0.2, 0.25) is 0 Å². The van der Waals surface area contributed by atoms with Gasteiger partial charge < -0.3 is 15.0 Å². The van der Waals surface area contributed by atoms with Gasteiger partial charge in [-0.15, -0.1) is 0 Å². The Morgan fingerprint density at radius 1 is 1.16 bits per heavy atom. The van der Waals surface area contributed by atoms with Crippen LogP contribution in [-0.2, 0) is 4.74 Å². The second kappa shape index (κ2) is 7.61. The molecular formula is C16H32N2O. The molecule has 1 heterocycles. The molecule has 0 aromatic rings. The van der Waals surface area contributed by atoms with Crippen LogP contribution in [0.1, 0.15) is 52.4 Å².